The number of likely N-dealkylation sites (N-methyl/N-ethyl adjacent to an activating group) is 2. The molecule has 0 bridgehead atoms. The third kappa shape index (κ3) is 4.00. The normalized spacial score (nSPS) is 11.7. The number of rotatable bonds is 5. The molecule has 9 heteroatoms. The van der Waals surface area contributed by atoms with E-state index >= 15 is 0 Å². The highest BCUT2D eigenvalue weighted by molar-refractivity contribution is 7.89. The predicted molar refractivity (Wildman–Crippen MR) is 84.0 cm³/mol. The first-order valence-electron chi connectivity index (χ1n) is 6.06. The average Bonchev–Trinajstić information content (AvgIpc) is 2.33. The molecule has 0 aliphatic heterocycles. The van der Waals surface area contributed by atoms with Gasteiger partial charge in [-0.15, -0.1) is 0 Å². The number of hydrogen-bond donors (Lipinski definition) is 1. The van der Waals surface area contributed by atoms with Crippen LogP contribution in [0, 0.1) is 0 Å². The van der Waals surface area contributed by atoms with Gasteiger partial charge in [-0.05, 0) is 12.1 Å². The Labute approximate surface area is 134 Å². The molecule has 0 unspecified atom stereocenters. The maximum absolute atomic E-state index is 12.6. The molecule has 0 saturated carbocycles. The van der Waals surface area contributed by atoms with Crippen molar-refractivity contribution in [1.29, 1.82) is 0 Å². The molecule has 2 N–H and O–H groups in total. The molecule has 1 aromatic rings. The van der Waals surface area contributed by atoms with Crippen molar-refractivity contribution in [1.82, 2.24) is 9.21 Å². The van der Waals surface area contributed by atoms with Crippen LogP contribution >= 0.6 is 23.2 Å². The summed E-state index contributed by atoms with van der Waals surface area (Å²) in [5, 5.41) is 0.166. The van der Waals surface area contributed by atoms with E-state index in [4.69, 9.17) is 28.9 Å². The van der Waals surface area contributed by atoms with Crippen molar-refractivity contribution in [3.8, 4) is 0 Å². The first kappa shape index (κ1) is 18.0. The van der Waals surface area contributed by atoms with Crippen LogP contribution < -0.4 is 5.73 Å². The highest BCUT2D eigenvalue weighted by Crippen LogP contribution is 2.33. The summed E-state index contributed by atoms with van der Waals surface area (Å²) in [5.41, 5.74) is 5.67. The van der Waals surface area contributed by atoms with Gasteiger partial charge in [-0.1, -0.05) is 30.1 Å². The molecule has 1 amide bonds. The van der Waals surface area contributed by atoms with Gasteiger partial charge in [0.2, 0.25) is 15.9 Å². The average molecular weight is 354 g/mol. The van der Waals surface area contributed by atoms with Crippen molar-refractivity contribution in [2.24, 2.45) is 0 Å². The van der Waals surface area contributed by atoms with Crippen LogP contribution in [0.15, 0.2) is 17.0 Å². The van der Waals surface area contributed by atoms with Crippen molar-refractivity contribution in [2.75, 3.05) is 32.9 Å². The van der Waals surface area contributed by atoms with Crippen LogP contribution in [0.25, 0.3) is 0 Å². The van der Waals surface area contributed by atoms with Crippen molar-refractivity contribution in [2.45, 2.75) is 11.8 Å². The lowest BCUT2D eigenvalue weighted by Gasteiger charge is -2.23. The number of halogens is 2. The Morgan fingerprint density at radius 1 is 1.29 bits per heavy atom. The highest BCUT2D eigenvalue weighted by atomic mass is 35.5. The third-order valence-corrected chi connectivity index (χ3v) is 5.47. The maximum Gasteiger partial charge on any atom is 0.247 e. The van der Waals surface area contributed by atoms with Crippen LogP contribution in [0.4, 0.5) is 5.69 Å². The van der Waals surface area contributed by atoms with Gasteiger partial charge in [0.25, 0.3) is 0 Å². The van der Waals surface area contributed by atoms with E-state index in [9.17, 15) is 13.2 Å². The number of amides is 1. The summed E-state index contributed by atoms with van der Waals surface area (Å²) in [5.74, 6) is -0.343. The van der Waals surface area contributed by atoms with Crippen molar-refractivity contribution in [3.63, 3.8) is 0 Å². The SMILES string of the molecule is CCN(CC(=O)N(C)C)S(=O)(=O)c1c(N)cc(Cl)cc1Cl. The minimum absolute atomic E-state index is 0.0525. The number of anilines is 1. The molecule has 0 aromatic heterocycles. The number of benzene rings is 1. The fraction of sp³-hybridized carbons (Fsp3) is 0.417. The van der Waals surface area contributed by atoms with Crippen LogP contribution in [0.1, 0.15) is 6.92 Å². The zero-order valence-corrected chi connectivity index (χ0v) is 14.3. The fourth-order valence-electron chi connectivity index (χ4n) is 1.64. The van der Waals surface area contributed by atoms with Crippen LogP contribution in [0.2, 0.25) is 10.0 Å². The first-order valence-corrected chi connectivity index (χ1v) is 8.25. The molecular weight excluding hydrogens is 337 g/mol. The zero-order valence-electron chi connectivity index (χ0n) is 11.9. The quantitative estimate of drug-likeness (QED) is 0.816. The number of carbonyl (C=O) groups is 1. The van der Waals surface area contributed by atoms with Gasteiger partial charge < -0.3 is 10.6 Å². The molecule has 21 heavy (non-hydrogen) atoms. The number of carbonyl (C=O) groups excluding carboxylic acids is 1. The van der Waals surface area contributed by atoms with Gasteiger partial charge >= 0.3 is 0 Å². The molecule has 0 aliphatic carbocycles. The summed E-state index contributed by atoms with van der Waals surface area (Å²) >= 11 is 11.7. The van der Waals surface area contributed by atoms with Crippen LogP contribution in [0.5, 0.6) is 0 Å². The van der Waals surface area contributed by atoms with E-state index in [2.05, 4.69) is 0 Å². The monoisotopic (exact) mass is 353 g/mol. The van der Waals surface area contributed by atoms with Gasteiger partial charge in [-0.2, -0.15) is 4.31 Å². The summed E-state index contributed by atoms with van der Waals surface area (Å²) < 4.78 is 26.3. The molecule has 0 fully saturated rings. The number of nitrogens with two attached hydrogens (primary N) is 1. The van der Waals surface area contributed by atoms with E-state index in [-0.39, 0.29) is 39.6 Å². The summed E-state index contributed by atoms with van der Waals surface area (Å²) in [4.78, 5) is 12.8. The standard InChI is InChI=1S/C12H17Cl2N3O3S/c1-4-17(7-11(18)16(2)3)21(19,20)12-9(14)5-8(13)6-10(12)15/h5-6H,4,7,15H2,1-3H3. The van der Waals surface area contributed by atoms with Crippen LogP contribution in [0.3, 0.4) is 0 Å². The van der Waals surface area contributed by atoms with Crippen molar-refractivity contribution in [3.05, 3.63) is 22.2 Å². The lowest BCUT2D eigenvalue weighted by molar-refractivity contribution is -0.128. The number of nitrogens with zero attached hydrogens (tertiary/aromatic N) is 2. The molecule has 118 valence electrons. The van der Waals surface area contributed by atoms with E-state index in [0.29, 0.717) is 0 Å². The molecule has 1 rings (SSSR count). The lowest BCUT2D eigenvalue weighted by atomic mass is 10.3. The minimum Gasteiger partial charge on any atom is -0.398 e. The molecule has 1 aromatic carbocycles. The van der Waals surface area contributed by atoms with Crippen molar-refractivity contribution >= 4 is 44.8 Å². The molecule has 0 atom stereocenters. The third-order valence-electron chi connectivity index (χ3n) is 2.80. The van der Waals surface area contributed by atoms with E-state index in [0.717, 1.165) is 4.31 Å². The number of hydrogen-bond acceptors (Lipinski definition) is 4. The number of sulfonamides is 1. The Bertz CT molecular complexity index is 624. The lowest BCUT2D eigenvalue weighted by Crippen LogP contribution is -2.40. The van der Waals surface area contributed by atoms with Gasteiger partial charge in [0.15, 0.2) is 0 Å². The second-order valence-electron chi connectivity index (χ2n) is 4.53. The van der Waals surface area contributed by atoms with Crippen LogP contribution in [-0.4, -0.2) is 50.7 Å². The van der Waals surface area contributed by atoms with E-state index in [1.165, 1.54) is 17.0 Å². The first-order chi connectivity index (χ1) is 9.61. The van der Waals surface area contributed by atoms with Gasteiger partial charge in [0.05, 0.1) is 17.3 Å². The Morgan fingerprint density at radius 3 is 2.29 bits per heavy atom. The molecule has 0 aliphatic rings. The highest BCUT2D eigenvalue weighted by Gasteiger charge is 2.30. The second-order valence-corrected chi connectivity index (χ2v) is 7.24. The van der Waals surface area contributed by atoms with Gasteiger partial charge in [0.1, 0.15) is 4.90 Å². The largest absolute Gasteiger partial charge is 0.398 e. The predicted octanol–water partition coefficient (Wildman–Crippen LogP) is 1.67. The van der Waals surface area contributed by atoms with Gasteiger partial charge in [-0.25, -0.2) is 8.42 Å². The summed E-state index contributed by atoms with van der Waals surface area (Å²) in [7, 11) is -0.892. The van der Waals surface area contributed by atoms with Gasteiger partial charge in [0, 0.05) is 25.7 Å². The van der Waals surface area contributed by atoms with E-state index < -0.39 is 10.0 Å². The molecular formula is C12H17Cl2N3O3S. The summed E-state index contributed by atoms with van der Waals surface area (Å²) in [6.45, 7) is 1.45. The topological polar surface area (TPSA) is 83.7 Å². The Balaban J connectivity index is 3.29. The van der Waals surface area contributed by atoms with E-state index in [1.54, 1.807) is 21.0 Å². The zero-order chi connectivity index (χ0) is 16.4. The van der Waals surface area contributed by atoms with Gasteiger partial charge in [-0.3, -0.25) is 4.79 Å². The molecule has 6 nitrogen and oxygen atoms in total. The Kier molecular flexibility index (Phi) is 5.86. The Hall–Kier alpha value is -1.02. The maximum atomic E-state index is 12.6. The summed E-state index contributed by atoms with van der Waals surface area (Å²) in [6.07, 6.45) is 0. The smallest absolute Gasteiger partial charge is 0.247 e. The number of nitrogen functional groups attached to an aromatic ring is 1. The molecule has 0 spiro atoms. The minimum atomic E-state index is -3.99. The fourth-order valence-corrected chi connectivity index (χ4v) is 3.98. The molecule has 0 heterocycles. The Morgan fingerprint density at radius 2 is 1.86 bits per heavy atom. The summed E-state index contributed by atoms with van der Waals surface area (Å²) in [6, 6.07) is 2.61. The van der Waals surface area contributed by atoms with E-state index in [1.807, 2.05) is 0 Å². The second kappa shape index (κ2) is 6.83. The molecule has 0 radical (unpaired) electrons. The van der Waals surface area contributed by atoms with Crippen LogP contribution in [-0.2, 0) is 14.8 Å². The molecule has 0 saturated heterocycles. The van der Waals surface area contributed by atoms with Crippen molar-refractivity contribution < 1.29 is 13.2 Å².